The van der Waals surface area contributed by atoms with Crippen LogP contribution in [0.3, 0.4) is 0 Å². The molecule has 3 unspecified atom stereocenters. The Hall–Kier alpha value is 0.01000. The third-order valence-corrected chi connectivity index (χ3v) is 5.14. The van der Waals surface area contributed by atoms with Crippen LogP contribution in [0, 0.1) is 0 Å². The minimum Gasteiger partial charge on any atom is -0.307 e. The van der Waals surface area contributed by atoms with Gasteiger partial charge in [0, 0.05) is 21.8 Å². The van der Waals surface area contributed by atoms with Gasteiger partial charge in [-0.25, -0.2) is 0 Å². The Bertz CT molecular complexity index is 369. The molecule has 0 bridgehead atoms. The molecule has 1 aliphatic carbocycles. The van der Waals surface area contributed by atoms with Crippen LogP contribution in [-0.2, 0) is 0 Å². The molecule has 1 saturated carbocycles. The summed E-state index contributed by atoms with van der Waals surface area (Å²) >= 11 is 5.55. The summed E-state index contributed by atoms with van der Waals surface area (Å²) in [6.45, 7) is 2.26. The second-order valence-corrected chi connectivity index (χ2v) is 6.86. The Morgan fingerprint density at radius 2 is 2.24 bits per heavy atom. The first-order chi connectivity index (χ1) is 8.19. The number of thioether (sulfide) groups is 1. The Balaban J connectivity index is 1.91. The molecule has 1 fully saturated rings. The van der Waals surface area contributed by atoms with Crippen LogP contribution >= 0.6 is 27.7 Å². The molecule has 94 valence electrons. The molecule has 3 heteroatoms. The summed E-state index contributed by atoms with van der Waals surface area (Å²) in [5.74, 6) is 0. The van der Waals surface area contributed by atoms with Crippen LogP contribution in [0.1, 0.15) is 37.8 Å². The molecular formula is C14H20BrNS. The van der Waals surface area contributed by atoms with Crippen molar-refractivity contribution in [3.05, 3.63) is 34.3 Å². The summed E-state index contributed by atoms with van der Waals surface area (Å²) in [4.78, 5) is 0. The minimum atomic E-state index is 0.443. The van der Waals surface area contributed by atoms with Gasteiger partial charge in [0.2, 0.25) is 0 Å². The average molecular weight is 314 g/mol. The molecule has 0 radical (unpaired) electrons. The smallest absolute Gasteiger partial charge is 0.0294 e. The fourth-order valence-corrected chi connectivity index (χ4v) is 3.74. The molecule has 0 saturated heterocycles. The molecule has 0 heterocycles. The summed E-state index contributed by atoms with van der Waals surface area (Å²) in [6, 6.07) is 9.73. The molecule has 1 aliphatic rings. The fraction of sp³-hybridized carbons (Fsp3) is 0.571. The standard InChI is InChI=1S/C14H20BrNS/c1-10(11-4-3-5-12(15)8-11)16-13-6-7-14(9-13)17-2/h3-5,8,10,13-14,16H,6-7,9H2,1-2H3. The predicted octanol–water partition coefficient (Wildman–Crippen LogP) is 4.38. The van der Waals surface area contributed by atoms with Crippen molar-refractivity contribution in [2.24, 2.45) is 0 Å². The lowest BCUT2D eigenvalue weighted by Gasteiger charge is -2.20. The lowest BCUT2D eigenvalue weighted by atomic mass is 10.1. The topological polar surface area (TPSA) is 12.0 Å². The maximum Gasteiger partial charge on any atom is 0.0294 e. The highest BCUT2D eigenvalue weighted by Crippen LogP contribution is 2.30. The molecule has 0 aromatic heterocycles. The highest BCUT2D eigenvalue weighted by atomic mass is 79.9. The molecule has 1 aromatic rings. The molecule has 17 heavy (non-hydrogen) atoms. The molecule has 1 N–H and O–H groups in total. The van der Waals surface area contributed by atoms with Gasteiger partial charge in [0.25, 0.3) is 0 Å². The van der Waals surface area contributed by atoms with Gasteiger partial charge < -0.3 is 5.32 Å². The molecule has 1 nitrogen and oxygen atoms in total. The summed E-state index contributed by atoms with van der Waals surface area (Å²) in [5, 5.41) is 4.62. The van der Waals surface area contributed by atoms with Crippen molar-refractivity contribution in [2.45, 2.75) is 43.5 Å². The van der Waals surface area contributed by atoms with Crippen LogP contribution in [0.5, 0.6) is 0 Å². The van der Waals surface area contributed by atoms with E-state index in [0.717, 1.165) is 9.72 Å². The van der Waals surface area contributed by atoms with Gasteiger partial charge in [-0.2, -0.15) is 11.8 Å². The first kappa shape index (κ1) is 13.4. The number of halogens is 1. The van der Waals surface area contributed by atoms with E-state index < -0.39 is 0 Å². The van der Waals surface area contributed by atoms with Gasteiger partial charge in [0.1, 0.15) is 0 Å². The molecule has 0 spiro atoms. The zero-order chi connectivity index (χ0) is 12.3. The Morgan fingerprint density at radius 3 is 2.88 bits per heavy atom. The maximum absolute atomic E-state index is 3.75. The normalized spacial score (nSPS) is 26.1. The second-order valence-electron chi connectivity index (χ2n) is 4.81. The lowest BCUT2D eigenvalue weighted by molar-refractivity contribution is 0.462. The number of hydrogen-bond donors (Lipinski definition) is 1. The van der Waals surface area contributed by atoms with Crippen molar-refractivity contribution >= 4 is 27.7 Å². The molecule has 0 aliphatic heterocycles. The van der Waals surface area contributed by atoms with Crippen molar-refractivity contribution in [1.29, 1.82) is 0 Å². The van der Waals surface area contributed by atoms with Crippen LogP contribution in [0.15, 0.2) is 28.7 Å². The van der Waals surface area contributed by atoms with E-state index in [2.05, 4.69) is 58.7 Å². The molecule has 1 aromatic carbocycles. The quantitative estimate of drug-likeness (QED) is 0.885. The van der Waals surface area contributed by atoms with Crippen molar-refractivity contribution < 1.29 is 0 Å². The first-order valence-electron chi connectivity index (χ1n) is 6.23. The van der Waals surface area contributed by atoms with E-state index in [0.29, 0.717) is 12.1 Å². The van der Waals surface area contributed by atoms with Gasteiger partial charge >= 0.3 is 0 Å². The average Bonchev–Trinajstić information content (AvgIpc) is 2.77. The van der Waals surface area contributed by atoms with Crippen molar-refractivity contribution in [2.75, 3.05) is 6.26 Å². The van der Waals surface area contributed by atoms with Crippen LogP contribution in [0.4, 0.5) is 0 Å². The van der Waals surface area contributed by atoms with Crippen LogP contribution in [-0.4, -0.2) is 17.5 Å². The van der Waals surface area contributed by atoms with E-state index in [-0.39, 0.29) is 0 Å². The van der Waals surface area contributed by atoms with E-state index >= 15 is 0 Å². The summed E-state index contributed by atoms with van der Waals surface area (Å²) < 4.78 is 1.16. The van der Waals surface area contributed by atoms with E-state index in [9.17, 15) is 0 Å². The summed E-state index contributed by atoms with van der Waals surface area (Å²) in [5.41, 5.74) is 1.37. The van der Waals surface area contributed by atoms with Gasteiger partial charge in [0.15, 0.2) is 0 Å². The SMILES string of the molecule is CSC1CCC(NC(C)c2cccc(Br)c2)C1. The van der Waals surface area contributed by atoms with E-state index in [4.69, 9.17) is 0 Å². The monoisotopic (exact) mass is 313 g/mol. The van der Waals surface area contributed by atoms with Gasteiger partial charge in [0.05, 0.1) is 0 Å². The second kappa shape index (κ2) is 6.26. The molecular weight excluding hydrogens is 294 g/mol. The van der Waals surface area contributed by atoms with Gasteiger partial charge in [-0.1, -0.05) is 28.1 Å². The Morgan fingerprint density at radius 1 is 1.41 bits per heavy atom. The van der Waals surface area contributed by atoms with Crippen molar-refractivity contribution in [3.63, 3.8) is 0 Å². The van der Waals surface area contributed by atoms with Crippen LogP contribution in [0.25, 0.3) is 0 Å². The highest BCUT2D eigenvalue weighted by molar-refractivity contribution is 9.10. The minimum absolute atomic E-state index is 0.443. The van der Waals surface area contributed by atoms with Gasteiger partial charge in [-0.05, 0) is 50.1 Å². The maximum atomic E-state index is 3.75. The zero-order valence-electron chi connectivity index (χ0n) is 10.4. The number of nitrogens with one attached hydrogen (secondary N) is 1. The van der Waals surface area contributed by atoms with Crippen molar-refractivity contribution in [1.82, 2.24) is 5.32 Å². The largest absolute Gasteiger partial charge is 0.307 e. The fourth-order valence-electron chi connectivity index (χ4n) is 2.53. The third kappa shape index (κ3) is 3.73. The van der Waals surface area contributed by atoms with Gasteiger partial charge in [-0.3, -0.25) is 0 Å². The highest BCUT2D eigenvalue weighted by Gasteiger charge is 2.24. The molecule has 0 amide bonds. The lowest BCUT2D eigenvalue weighted by Crippen LogP contribution is -2.29. The first-order valence-corrected chi connectivity index (χ1v) is 8.31. The van der Waals surface area contributed by atoms with Gasteiger partial charge in [-0.15, -0.1) is 0 Å². The van der Waals surface area contributed by atoms with E-state index in [1.54, 1.807) is 0 Å². The number of rotatable bonds is 4. The van der Waals surface area contributed by atoms with E-state index in [1.807, 2.05) is 11.8 Å². The number of hydrogen-bond acceptors (Lipinski definition) is 2. The van der Waals surface area contributed by atoms with E-state index in [1.165, 1.54) is 24.8 Å². The molecule has 3 atom stereocenters. The number of benzene rings is 1. The van der Waals surface area contributed by atoms with Crippen LogP contribution in [0.2, 0.25) is 0 Å². The van der Waals surface area contributed by atoms with Crippen molar-refractivity contribution in [3.8, 4) is 0 Å². The summed E-state index contributed by atoms with van der Waals surface area (Å²) in [6.07, 6.45) is 6.23. The third-order valence-electron chi connectivity index (χ3n) is 3.55. The van der Waals surface area contributed by atoms with Crippen LogP contribution < -0.4 is 5.32 Å². The molecule has 2 rings (SSSR count). The zero-order valence-corrected chi connectivity index (χ0v) is 12.9. The Labute approximate surface area is 117 Å². The summed E-state index contributed by atoms with van der Waals surface area (Å²) in [7, 11) is 0. The predicted molar refractivity (Wildman–Crippen MR) is 80.6 cm³/mol. The Kier molecular flexibility index (Phi) is 4.95.